The third kappa shape index (κ3) is 3.25. The number of carbonyl (C=O) groups is 1. The topological polar surface area (TPSA) is 41.1 Å². The molecular formula is C23H25ClN2O. The van der Waals surface area contributed by atoms with E-state index in [0.717, 1.165) is 22.6 Å². The fourth-order valence-electron chi connectivity index (χ4n) is 4.20. The van der Waals surface area contributed by atoms with Gasteiger partial charge in [0.1, 0.15) is 5.78 Å². The minimum Gasteiger partial charge on any atom is -0.375 e. The third-order valence-corrected chi connectivity index (χ3v) is 6.00. The minimum absolute atomic E-state index is 0.162. The Morgan fingerprint density at radius 3 is 2.44 bits per heavy atom. The van der Waals surface area contributed by atoms with Crippen molar-refractivity contribution < 1.29 is 4.79 Å². The number of carbonyl (C=O) groups excluding carboxylic acids is 1. The van der Waals surface area contributed by atoms with Crippen LogP contribution in [0.15, 0.2) is 48.2 Å². The van der Waals surface area contributed by atoms with Gasteiger partial charge in [0.25, 0.3) is 0 Å². The average Bonchev–Trinajstić information content (AvgIpc) is 2.71. The van der Waals surface area contributed by atoms with Crippen molar-refractivity contribution in [2.24, 2.45) is 11.3 Å². The number of ketones is 1. The van der Waals surface area contributed by atoms with E-state index in [1.807, 2.05) is 24.3 Å². The van der Waals surface area contributed by atoms with Gasteiger partial charge in [-0.3, -0.25) is 4.79 Å². The molecule has 2 aromatic rings. The molecule has 0 spiro atoms. The highest BCUT2D eigenvalue weighted by molar-refractivity contribution is 6.31. The molecule has 0 amide bonds. The van der Waals surface area contributed by atoms with Crippen molar-refractivity contribution in [3.8, 4) is 0 Å². The molecule has 0 saturated heterocycles. The van der Waals surface area contributed by atoms with Crippen LogP contribution >= 0.6 is 11.6 Å². The van der Waals surface area contributed by atoms with Crippen molar-refractivity contribution in [1.82, 2.24) is 0 Å². The normalized spacial score (nSPS) is 23.3. The van der Waals surface area contributed by atoms with Crippen molar-refractivity contribution in [3.05, 3.63) is 69.9 Å². The predicted octanol–water partition coefficient (Wildman–Crippen LogP) is 6.03. The van der Waals surface area contributed by atoms with Gasteiger partial charge in [0, 0.05) is 17.1 Å². The van der Waals surface area contributed by atoms with Gasteiger partial charge in [-0.25, -0.2) is 0 Å². The van der Waals surface area contributed by atoms with E-state index >= 15 is 0 Å². The average molecular weight is 381 g/mol. The summed E-state index contributed by atoms with van der Waals surface area (Å²) in [6.07, 6.45) is 2.74. The zero-order valence-electron chi connectivity index (χ0n) is 16.2. The van der Waals surface area contributed by atoms with Gasteiger partial charge in [-0.2, -0.15) is 0 Å². The lowest BCUT2D eigenvalue weighted by atomic mass is 9.72. The predicted molar refractivity (Wildman–Crippen MR) is 112 cm³/mol. The number of halogens is 1. The summed E-state index contributed by atoms with van der Waals surface area (Å²) in [4.78, 5) is 13.2. The van der Waals surface area contributed by atoms with Crippen LogP contribution in [0.3, 0.4) is 0 Å². The van der Waals surface area contributed by atoms with Gasteiger partial charge in [-0.05, 0) is 54.2 Å². The van der Waals surface area contributed by atoms with E-state index in [-0.39, 0.29) is 23.2 Å². The van der Waals surface area contributed by atoms with E-state index in [4.69, 9.17) is 11.6 Å². The number of allylic oxidation sites excluding steroid dienone is 1. The molecule has 0 bridgehead atoms. The second-order valence-corrected chi connectivity index (χ2v) is 8.87. The Morgan fingerprint density at radius 1 is 1.07 bits per heavy atom. The second-order valence-electron chi connectivity index (χ2n) is 8.46. The number of benzene rings is 2. The molecule has 2 unspecified atom stereocenters. The molecule has 140 valence electrons. The van der Waals surface area contributed by atoms with Crippen LogP contribution in [0.1, 0.15) is 43.0 Å². The summed E-state index contributed by atoms with van der Waals surface area (Å²) in [6.45, 7) is 8.43. The smallest absolute Gasteiger partial charge is 0.145 e. The largest absolute Gasteiger partial charge is 0.375 e. The summed E-state index contributed by atoms with van der Waals surface area (Å²) in [7, 11) is 0. The van der Waals surface area contributed by atoms with Gasteiger partial charge in [-0.15, -0.1) is 0 Å². The van der Waals surface area contributed by atoms with Gasteiger partial charge in [0.05, 0.1) is 23.3 Å². The standard InChI is InChI=1S/C23H25ClN2O/c1-13-9-17-18(10-14(13)2)26-22(15-7-5-6-8-16(15)24)21-19(25-17)11-23(3,4)12-20(21)27/h5-11,21-22,25-26H,12H2,1-4H3. The molecule has 2 aliphatic rings. The van der Waals surface area contributed by atoms with E-state index in [2.05, 4.69) is 56.5 Å². The summed E-state index contributed by atoms with van der Waals surface area (Å²) >= 11 is 6.54. The fraction of sp³-hybridized carbons (Fsp3) is 0.348. The van der Waals surface area contributed by atoms with Crippen LogP contribution in [0.4, 0.5) is 11.4 Å². The molecule has 4 heteroatoms. The molecule has 2 N–H and O–H groups in total. The molecule has 1 aliphatic heterocycles. The van der Waals surface area contributed by atoms with E-state index in [1.165, 1.54) is 11.1 Å². The zero-order chi connectivity index (χ0) is 19.3. The highest BCUT2D eigenvalue weighted by Gasteiger charge is 2.42. The molecule has 4 rings (SSSR count). The van der Waals surface area contributed by atoms with E-state index in [0.29, 0.717) is 11.4 Å². The van der Waals surface area contributed by atoms with Gasteiger partial charge < -0.3 is 10.6 Å². The van der Waals surface area contributed by atoms with Crippen LogP contribution in [0.25, 0.3) is 0 Å². The fourth-order valence-corrected chi connectivity index (χ4v) is 4.46. The summed E-state index contributed by atoms with van der Waals surface area (Å²) in [6, 6.07) is 11.9. The van der Waals surface area contributed by atoms with Crippen molar-refractivity contribution in [2.45, 2.75) is 40.2 Å². The number of aryl methyl sites for hydroxylation is 2. The van der Waals surface area contributed by atoms with Crippen LogP contribution in [0.2, 0.25) is 5.02 Å². The van der Waals surface area contributed by atoms with E-state index < -0.39 is 0 Å². The van der Waals surface area contributed by atoms with Gasteiger partial charge >= 0.3 is 0 Å². The number of Topliss-reactive ketones (excluding diaryl/α,β-unsaturated/α-hetero) is 1. The Labute approximate surface area is 165 Å². The molecule has 1 aliphatic carbocycles. The lowest BCUT2D eigenvalue weighted by molar-refractivity contribution is -0.124. The Morgan fingerprint density at radius 2 is 1.74 bits per heavy atom. The molecule has 0 radical (unpaired) electrons. The molecule has 0 fully saturated rings. The maximum atomic E-state index is 13.2. The van der Waals surface area contributed by atoms with Crippen LogP contribution in [-0.4, -0.2) is 5.78 Å². The van der Waals surface area contributed by atoms with Crippen LogP contribution in [-0.2, 0) is 4.79 Å². The molecular weight excluding hydrogens is 356 g/mol. The molecule has 2 aromatic carbocycles. The van der Waals surface area contributed by atoms with Crippen LogP contribution in [0.5, 0.6) is 0 Å². The van der Waals surface area contributed by atoms with E-state index in [9.17, 15) is 4.79 Å². The lowest BCUT2D eigenvalue weighted by Crippen LogP contribution is -2.36. The summed E-state index contributed by atoms with van der Waals surface area (Å²) < 4.78 is 0. The Bertz CT molecular complexity index is 961. The molecule has 0 aromatic heterocycles. The zero-order valence-corrected chi connectivity index (χ0v) is 16.9. The van der Waals surface area contributed by atoms with Crippen molar-refractivity contribution in [2.75, 3.05) is 10.6 Å². The number of hydrogen-bond acceptors (Lipinski definition) is 3. The van der Waals surface area contributed by atoms with Crippen molar-refractivity contribution in [3.63, 3.8) is 0 Å². The highest BCUT2D eigenvalue weighted by atomic mass is 35.5. The van der Waals surface area contributed by atoms with Crippen molar-refractivity contribution >= 4 is 28.8 Å². The summed E-state index contributed by atoms with van der Waals surface area (Å²) in [5, 5.41) is 7.88. The number of nitrogens with one attached hydrogen (secondary N) is 2. The third-order valence-electron chi connectivity index (χ3n) is 5.66. The number of anilines is 2. The first kappa shape index (κ1) is 18.1. The first-order valence-electron chi connectivity index (χ1n) is 9.40. The van der Waals surface area contributed by atoms with Gasteiger partial charge in [0.2, 0.25) is 0 Å². The molecule has 3 nitrogen and oxygen atoms in total. The summed E-state index contributed by atoms with van der Waals surface area (Å²) in [5.74, 6) is -0.0467. The Hall–Kier alpha value is -2.26. The van der Waals surface area contributed by atoms with Crippen LogP contribution < -0.4 is 10.6 Å². The maximum Gasteiger partial charge on any atom is 0.145 e. The monoisotopic (exact) mass is 380 g/mol. The SMILES string of the molecule is Cc1cc2c(cc1C)NC(c1ccccc1Cl)C1C(=O)CC(C)(C)C=C1N2. The lowest BCUT2D eigenvalue weighted by Gasteiger charge is -2.35. The molecule has 0 saturated carbocycles. The number of fused-ring (bicyclic) bond motifs is 2. The number of hydrogen-bond donors (Lipinski definition) is 2. The summed E-state index contributed by atoms with van der Waals surface area (Å²) in [5.41, 5.74) is 6.21. The molecule has 1 heterocycles. The molecule has 27 heavy (non-hydrogen) atoms. The first-order chi connectivity index (χ1) is 12.7. The van der Waals surface area contributed by atoms with Crippen molar-refractivity contribution in [1.29, 1.82) is 0 Å². The van der Waals surface area contributed by atoms with E-state index in [1.54, 1.807) is 0 Å². The first-order valence-corrected chi connectivity index (χ1v) is 9.78. The van der Waals surface area contributed by atoms with Gasteiger partial charge in [-0.1, -0.05) is 49.7 Å². The van der Waals surface area contributed by atoms with Gasteiger partial charge in [0.15, 0.2) is 0 Å². The Balaban J connectivity index is 1.93. The minimum atomic E-state index is -0.286. The Kier molecular flexibility index (Phi) is 4.31. The number of rotatable bonds is 1. The second kappa shape index (κ2) is 6.42. The highest BCUT2D eigenvalue weighted by Crippen LogP contribution is 2.46. The maximum absolute atomic E-state index is 13.2. The molecule has 2 atom stereocenters. The quantitative estimate of drug-likeness (QED) is 0.634. The van der Waals surface area contributed by atoms with Crippen LogP contribution in [0, 0.1) is 25.2 Å².